The molecule has 4 nitrogen and oxygen atoms in total. The molecule has 1 aromatic rings. The minimum absolute atomic E-state index is 0.145. The second kappa shape index (κ2) is 5.57. The highest BCUT2D eigenvalue weighted by molar-refractivity contribution is 5.97. The van der Waals surface area contributed by atoms with Gasteiger partial charge in [0.05, 0.1) is 0 Å². The van der Waals surface area contributed by atoms with Crippen LogP contribution in [0.2, 0.25) is 0 Å². The third-order valence-corrected chi connectivity index (χ3v) is 2.65. The van der Waals surface area contributed by atoms with Gasteiger partial charge >= 0.3 is 0 Å². The molecule has 0 aromatic heterocycles. The Balaban J connectivity index is 2.97. The molecule has 0 aliphatic rings. The van der Waals surface area contributed by atoms with Gasteiger partial charge in [0.2, 0.25) is 0 Å². The molecule has 0 saturated heterocycles. The molecule has 0 radical (unpaired) electrons. The van der Waals surface area contributed by atoms with Crippen molar-refractivity contribution in [2.24, 2.45) is 16.8 Å². The minimum atomic E-state index is 0.145. The van der Waals surface area contributed by atoms with E-state index in [2.05, 4.69) is 31.0 Å². The molecule has 0 bridgehead atoms. The Labute approximate surface area is 103 Å². The Morgan fingerprint density at radius 3 is 2.59 bits per heavy atom. The van der Waals surface area contributed by atoms with Crippen molar-refractivity contribution in [3.8, 4) is 0 Å². The number of hydrogen-bond donors (Lipinski definition) is 2. The maximum absolute atomic E-state index is 8.63. The third kappa shape index (κ3) is 3.37. The van der Waals surface area contributed by atoms with Crippen molar-refractivity contribution < 1.29 is 5.21 Å². The summed E-state index contributed by atoms with van der Waals surface area (Å²) < 4.78 is 0. The maximum Gasteiger partial charge on any atom is 0.170 e. The van der Waals surface area contributed by atoms with Crippen LogP contribution in [0.4, 0.5) is 5.69 Å². The number of aryl methyl sites for hydroxylation is 1. The predicted octanol–water partition coefficient (Wildman–Crippen LogP) is 2.18. The van der Waals surface area contributed by atoms with Crippen LogP contribution >= 0.6 is 0 Å². The molecule has 3 N–H and O–H groups in total. The van der Waals surface area contributed by atoms with Gasteiger partial charge in [-0.3, -0.25) is 0 Å². The Bertz CT molecular complexity index is 413. The molecule has 0 heterocycles. The highest BCUT2D eigenvalue weighted by atomic mass is 16.4. The first-order chi connectivity index (χ1) is 7.95. The Kier molecular flexibility index (Phi) is 4.37. The van der Waals surface area contributed by atoms with Gasteiger partial charge in [-0.15, -0.1) is 0 Å². The summed E-state index contributed by atoms with van der Waals surface area (Å²) in [4.78, 5) is 2.22. The van der Waals surface area contributed by atoms with Crippen LogP contribution in [0.1, 0.15) is 25.0 Å². The van der Waals surface area contributed by atoms with Gasteiger partial charge in [0, 0.05) is 24.8 Å². The molecular formula is C13H21N3O. The second-order valence-electron chi connectivity index (χ2n) is 4.76. The van der Waals surface area contributed by atoms with E-state index in [0.717, 1.165) is 17.7 Å². The van der Waals surface area contributed by atoms with E-state index in [0.29, 0.717) is 5.92 Å². The van der Waals surface area contributed by atoms with Gasteiger partial charge in [-0.2, -0.15) is 0 Å². The molecule has 4 heteroatoms. The number of anilines is 1. The van der Waals surface area contributed by atoms with E-state index in [4.69, 9.17) is 10.9 Å². The summed E-state index contributed by atoms with van der Waals surface area (Å²) in [5.74, 6) is 0.759. The Morgan fingerprint density at radius 1 is 1.47 bits per heavy atom. The van der Waals surface area contributed by atoms with Crippen LogP contribution in [0.25, 0.3) is 0 Å². The van der Waals surface area contributed by atoms with Gasteiger partial charge in [-0.25, -0.2) is 0 Å². The first kappa shape index (κ1) is 13.4. The maximum atomic E-state index is 8.63. The number of hydrogen-bond acceptors (Lipinski definition) is 3. The number of nitrogens with two attached hydrogens (primary N) is 1. The normalized spacial score (nSPS) is 11.9. The SMILES string of the molecule is Cc1cc(/C(N)=N/O)ccc1N(C)CC(C)C. The molecule has 0 unspecified atom stereocenters. The average molecular weight is 235 g/mol. The van der Waals surface area contributed by atoms with E-state index < -0.39 is 0 Å². The van der Waals surface area contributed by atoms with Crippen molar-refractivity contribution in [1.82, 2.24) is 0 Å². The number of nitrogens with zero attached hydrogens (tertiary/aromatic N) is 2. The topological polar surface area (TPSA) is 61.9 Å². The first-order valence-corrected chi connectivity index (χ1v) is 5.75. The van der Waals surface area contributed by atoms with Gasteiger partial charge in [0.1, 0.15) is 0 Å². The van der Waals surface area contributed by atoms with Crippen LogP contribution < -0.4 is 10.6 Å². The standard InChI is InChI=1S/C13H21N3O/c1-9(2)8-16(4)12-6-5-11(7-10(12)3)13(14)15-17/h5-7,9,17H,8H2,1-4H3,(H2,14,15). The molecule has 0 atom stereocenters. The van der Waals surface area contributed by atoms with Crippen LogP contribution in [-0.4, -0.2) is 24.6 Å². The predicted molar refractivity (Wildman–Crippen MR) is 71.8 cm³/mol. The molecule has 0 fully saturated rings. The van der Waals surface area contributed by atoms with Gasteiger partial charge in [-0.05, 0) is 36.6 Å². The van der Waals surface area contributed by atoms with E-state index in [1.54, 1.807) is 0 Å². The molecule has 94 valence electrons. The van der Waals surface area contributed by atoms with Gasteiger partial charge in [0.25, 0.3) is 0 Å². The van der Waals surface area contributed by atoms with E-state index in [-0.39, 0.29) is 5.84 Å². The smallest absolute Gasteiger partial charge is 0.170 e. The van der Waals surface area contributed by atoms with Crippen LogP contribution in [0, 0.1) is 12.8 Å². The minimum Gasteiger partial charge on any atom is -0.409 e. The van der Waals surface area contributed by atoms with Crippen molar-refractivity contribution in [1.29, 1.82) is 0 Å². The third-order valence-electron chi connectivity index (χ3n) is 2.65. The summed E-state index contributed by atoms with van der Waals surface area (Å²) in [7, 11) is 2.07. The van der Waals surface area contributed by atoms with Gasteiger partial charge in [0.15, 0.2) is 5.84 Å². The van der Waals surface area contributed by atoms with Gasteiger partial charge < -0.3 is 15.8 Å². The lowest BCUT2D eigenvalue weighted by molar-refractivity contribution is 0.318. The number of amidine groups is 1. The molecule has 0 spiro atoms. The molecular weight excluding hydrogens is 214 g/mol. The van der Waals surface area contributed by atoms with E-state index in [9.17, 15) is 0 Å². The molecule has 1 aromatic carbocycles. The molecule has 1 rings (SSSR count). The van der Waals surface area contributed by atoms with Gasteiger partial charge in [-0.1, -0.05) is 19.0 Å². The summed E-state index contributed by atoms with van der Waals surface area (Å²) in [6.45, 7) is 7.41. The monoisotopic (exact) mass is 235 g/mol. The van der Waals surface area contributed by atoms with Crippen LogP contribution in [0.15, 0.2) is 23.4 Å². The first-order valence-electron chi connectivity index (χ1n) is 5.75. The Hall–Kier alpha value is -1.71. The fourth-order valence-corrected chi connectivity index (χ4v) is 1.95. The summed E-state index contributed by atoms with van der Waals surface area (Å²) in [6.07, 6.45) is 0. The lowest BCUT2D eigenvalue weighted by Gasteiger charge is -2.23. The van der Waals surface area contributed by atoms with Crippen molar-refractivity contribution in [2.45, 2.75) is 20.8 Å². The number of benzene rings is 1. The van der Waals surface area contributed by atoms with Crippen molar-refractivity contribution >= 4 is 11.5 Å². The number of rotatable bonds is 4. The largest absolute Gasteiger partial charge is 0.409 e. The lowest BCUT2D eigenvalue weighted by Crippen LogP contribution is -2.23. The highest BCUT2D eigenvalue weighted by Gasteiger charge is 2.08. The fraction of sp³-hybridized carbons (Fsp3) is 0.462. The number of oxime groups is 1. The lowest BCUT2D eigenvalue weighted by atomic mass is 10.1. The molecule has 0 aliphatic heterocycles. The Morgan fingerprint density at radius 2 is 2.12 bits per heavy atom. The summed E-state index contributed by atoms with van der Waals surface area (Å²) in [6, 6.07) is 5.81. The zero-order chi connectivity index (χ0) is 13.0. The van der Waals surface area contributed by atoms with E-state index in [1.807, 2.05) is 25.1 Å². The zero-order valence-corrected chi connectivity index (χ0v) is 10.9. The summed E-state index contributed by atoms with van der Waals surface area (Å²) in [5, 5.41) is 11.6. The summed E-state index contributed by atoms with van der Waals surface area (Å²) in [5.41, 5.74) is 8.60. The molecule has 0 aliphatic carbocycles. The quantitative estimate of drug-likeness (QED) is 0.364. The van der Waals surface area contributed by atoms with Crippen LogP contribution in [0.3, 0.4) is 0 Å². The fourth-order valence-electron chi connectivity index (χ4n) is 1.95. The van der Waals surface area contributed by atoms with E-state index >= 15 is 0 Å². The van der Waals surface area contributed by atoms with Crippen molar-refractivity contribution in [2.75, 3.05) is 18.5 Å². The second-order valence-corrected chi connectivity index (χ2v) is 4.76. The van der Waals surface area contributed by atoms with Crippen LogP contribution in [0.5, 0.6) is 0 Å². The molecule has 0 amide bonds. The zero-order valence-electron chi connectivity index (χ0n) is 10.9. The molecule has 0 saturated carbocycles. The van der Waals surface area contributed by atoms with Crippen LogP contribution in [-0.2, 0) is 0 Å². The van der Waals surface area contributed by atoms with Crippen molar-refractivity contribution in [3.05, 3.63) is 29.3 Å². The molecule has 17 heavy (non-hydrogen) atoms. The van der Waals surface area contributed by atoms with Crippen molar-refractivity contribution in [3.63, 3.8) is 0 Å². The average Bonchev–Trinajstić information content (AvgIpc) is 2.26. The summed E-state index contributed by atoms with van der Waals surface area (Å²) >= 11 is 0. The highest BCUT2D eigenvalue weighted by Crippen LogP contribution is 2.21. The van der Waals surface area contributed by atoms with E-state index in [1.165, 1.54) is 5.69 Å².